The van der Waals surface area contributed by atoms with Gasteiger partial charge in [0.2, 0.25) is 0 Å². The van der Waals surface area contributed by atoms with E-state index in [9.17, 15) is 0 Å². The van der Waals surface area contributed by atoms with Gasteiger partial charge in [-0.05, 0) is 30.4 Å². The highest BCUT2D eigenvalue weighted by Gasteiger charge is 2.07. The first-order valence-corrected chi connectivity index (χ1v) is 4.82. The van der Waals surface area contributed by atoms with Gasteiger partial charge in [-0.2, -0.15) is 5.10 Å². The van der Waals surface area contributed by atoms with Crippen molar-refractivity contribution in [1.82, 2.24) is 10.2 Å². The van der Waals surface area contributed by atoms with Crippen LogP contribution in [-0.4, -0.2) is 17.2 Å². The molecule has 0 unspecified atom stereocenters. The maximum absolute atomic E-state index is 3.96. The van der Waals surface area contributed by atoms with Gasteiger partial charge in [0.15, 0.2) is 0 Å². The van der Waals surface area contributed by atoms with E-state index in [-0.39, 0.29) is 0 Å². The van der Waals surface area contributed by atoms with Crippen molar-refractivity contribution in [3.05, 3.63) is 17.8 Å². The van der Waals surface area contributed by atoms with Gasteiger partial charge in [-0.25, -0.2) is 0 Å². The second kappa shape index (κ2) is 4.80. The van der Waals surface area contributed by atoms with Gasteiger partial charge in [-0.1, -0.05) is 13.8 Å². The zero-order valence-corrected chi connectivity index (χ0v) is 8.54. The quantitative estimate of drug-likeness (QED) is 0.771. The largest absolute Gasteiger partial charge is 0.372 e. The van der Waals surface area contributed by atoms with E-state index in [1.807, 2.05) is 13.2 Å². The minimum absolute atomic E-state index is 0.614. The standard InChI is InChI=1S/C10H17N3/c1-4-8(5-2)9-6-10(11-3)13-12-7-9/h6-8H,4-5H2,1-3H3,(H,11,13). The average Bonchev–Trinajstić information content (AvgIpc) is 2.20. The second-order valence-electron chi connectivity index (χ2n) is 3.14. The lowest BCUT2D eigenvalue weighted by Crippen LogP contribution is -2.00. The molecule has 3 heteroatoms. The highest BCUT2D eigenvalue weighted by Crippen LogP contribution is 2.22. The molecular weight excluding hydrogens is 162 g/mol. The smallest absolute Gasteiger partial charge is 0.148 e. The molecule has 1 aromatic rings. The number of hydrogen-bond acceptors (Lipinski definition) is 3. The van der Waals surface area contributed by atoms with Gasteiger partial charge >= 0.3 is 0 Å². The molecule has 0 aliphatic heterocycles. The topological polar surface area (TPSA) is 37.8 Å². The molecule has 1 N–H and O–H groups in total. The fourth-order valence-electron chi connectivity index (χ4n) is 1.49. The summed E-state index contributed by atoms with van der Waals surface area (Å²) in [6, 6.07) is 2.07. The lowest BCUT2D eigenvalue weighted by Gasteiger charge is -2.12. The van der Waals surface area contributed by atoms with E-state index in [4.69, 9.17) is 0 Å². The van der Waals surface area contributed by atoms with E-state index < -0.39 is 0 Å². The van der Waals surface area contributed by atoms with Crippen molar-refractivity contribution in [2.45, 2.75) is 32.6 Å². The molecule has 0 aliphatic carbocycles. The Kier molecular flexibility index (Phi) is 3.68. The third kappa shape index (κ3) is 2.41. The molecule has 0 saturated carbocycles. The molecule has 1 aromatic heterocycles. The lowest BCUT2D eigenvalue weighted by atomic mass is 9.96. The zero-order valence-electron chi connectivity index (χ0n) is 8.54. The Balaban J connectivity index is 2.86. The molecule has 72 valence electrons. The molecule has 0 amide bonds. The Morgan fingerprint density at radius 2 is 2.08 bits per heavy atom. The summed E-state index contributed by atoms with van der Waals surface area (Å²) in [7, 11) is 1.86. The molecule has 0 bridgehead atoms. The first-order chi connectivity index (χ1) is 6.31. The zero-order chi connectivity index (χ0) is 9.68. The van der Waals surface area contributed by atoms with E-state index >= 15 is 0 Å². The van der Waals surface area contributed by atoms with Crippen LogP contribution in [0, 0.1) is 0 Å². The van der Waals surface area contributed by atoms with Gasteiger partial charge in [-0.3, -0.25) is 0 Å². The van der Waals surface area contributed by atoms with Gasteiger partial charge in [0, 0.05) is 7.05 Å². The van der Waals surface area contributed by atoms with Crippen LogP contribution in [0.5, 0.6) is 0 Å². The highest BCUT2D eigenvalue weighted by atomic mass is 15.2. The SMILES string of the molecule is CCC(CC)c1cnnc(NC)c1. The van der Waals surface area contributed by atoms with Crippen LogP contribution in [0.25, 0.3) is 0 Å². The van der Waals surface area contributed by atoms with Gasteiger partial charge in [0.25, 0.3) is 0 Å². The summed E-state index contributed by atoms with van der Waals surface area (Å²) in [5, 5.41) is 10.9. The number of nitrogens with zero attached hydrogens (tertiary/aromatic N) is 2. The third-order valence-electron chi connectivity index (χ3n) is 2.39. The van der Waals surface area contributed by atoms with Crippen molar-refractivity contribution in [3.8, 4) is 0 Å². The van der Waals surface area contributed by atoms with Crippen molar-refractivity contribution in [2.24, 2.45) is 0 Å². The number of rotatable bonds is 4. The Bertz CT molecular complexity index is 256. The van der Waals surface area contributed by atoms with Gasteiger partial charge in [-0.15, -0.1) is 5.10 Å². The Hall–Kier alpha value is -1.12. The van der Waals surface area contributed by atoms with Gasteiger partial charge in [0.1, 0.15) is 5.82 Å². The van der Waals surface area contributed by atoms with Gasteiger partial charge in [0.05, 0.1) is 6.20 Å². The number of aromatic nitrogens is 2. The molecule has 0 aliphatic rings. The van der Waals surface area contributed by atoms with E-state index in [2.05, 4.69) is 35.4 Å². The summed E-state index contributed by atoms with van der Waals surface area (Å²) < 4.78 is 0. The monoisotopic (exact) mass is 179 g/mol. The highest BCUT2D eigenvalue weighted by molar-refractivity contribution is 5.35. The molecule has 0 saturated heterocycles. The maximum atomic E-state index is 3.96. The van der Waals surface area contributed by atoms with Crippen molar-refractivity contribution in [2.75, 3.05) is 12.4 Å². The minimum Gasteiger partial charge on any atom is -0.372 e. The molecule has 0 atom stereocenters. The fraction of sp³-hybridized carbons (Fsp3) is 0.600. The molecule has 0 fully saturated rings. The summed E-state index contributed by atoms with van der Waals surface area (Å²) in [5.74, 6) is 1.46. The van der Waals surface area contributed by atoms with Gasteiger partial charge < -0.3 is 5.32 Å². The van der Waals surface area contributed by atoms with Crippen LogP contribution in [0.4, 0.5) is 5.82 Å². The number of nitrogens with one attached hydrogen (secondary N) is 1. The number of anilines is 1. The first-order valence-electron chi connectivity index (χ1n) is 4.82. The first kappa shape index (κ1) is 9.96. The predicted molar refractivity (Wildman–Crippen MR) is 54.9 cm³/mol. The van der Waals surface area contributed by atoms with Crippen molar-refractivity contribution in [1.29, 1.82) is 0 Å². The summed E-state index contributed by atoms with van der Waals surface area (Å²) in [4.78, 5) is 0. The molecule has 1 rings (SSSR count). The predicted octanol–water partition coefficient (Wildman–Crippen LogP) is 2.42. The van der Waals surface area contributed by atoms with Crippen LogP contribution in [0.3, 0.4) is 0 Å². The van der Waals surface area contributed by atoms with Crippen LogP contribution in [0.15, 0.2) is 12.3 Å². The van der Waals surface area contributed by atoms with Crippen LogP contribution in [-0.2, 0) is 0 Å². The molecule has 1 heterocycles. The normalized spacial score (nSPS) is 10.5. The summed E-state index contributed by atoms with van der Waals surface area (Å²) in [6.45, 7) is 4.40. The molecule has 0 radical (unpaired) electrons. The Morgan fingerprint density at radius 3 is 2.62 bits per heavy atom. The molecular formula is C10H17N3. The van der Waals surface area contributed by atoms with Crippen LogP contribution in [0.2, 0.25) is 0 Å². The third-order valence-corrected chi connectivity index (χ3v) is 2.39. The average molecular weight is 179 g/mol. The van der Waals surface area contributed by atoms with Crippen LogP contribution in [0.1, 0.15) is 38.2 Å². The van der Waals surface area contributed by atoms with Crippen LogP contribution >= 0.6 is 0 Å². The van der Waals surface area contributed by atoms with E-state index in [1.165, 1.54) is 5.56 Å². The Morgan fingerprint density at radius 1 is 1.38 bits per heavy atom. The number of hydrogen-bond donors (Lipinski definition) is 1. The molecule has 0 aromatic carbocycles. The van der Waals surface area contributed by atoms with Crippen LogP contribution < -0.4 is 5.32 Å². The second-order valence-corrected chi connectivity index (χ2v) is 3.14. The van der Waals surface area contributed by atoms with E-state index in [0.717, 1.165) is 18.7 Å². The Labute approximate surface area is 79.6 Å². The molecule has 13 heavy (non-hydrogen) atoms. The summed E-state index contributed by atoms with van der Waals surface area (Å²) in [6.07, 6.45) is 4.18. The van der Waals surface area contributed by atoms with E-state index in [0.29, 0.717) is 5.92 Å². The summed E-state index contributed by atoms with van der Waals surface area (Å²) in [5.41, 5.74) is 1.28. The minimum atomic E-state index is 0.614. The summed E-state index contributed by atoms with van der Waals surface area (Å²) >= 11 is 0. The lowest BCUT2D eigenvalue weighted by molar-refractivity contribution is 0.637. The molecule has 0 spiro atoms. The fourth-order valence-corrected chi connectivity index (χ4v) is 1.49. The maximum Gasteiger partial charge on any atom is 0.148 e. The van der Waals surface area contributed by atoms with Crippen molar-refractivity contribution in [3.63, 3.8) is 0 Å². The molecule has 3 nitrogen and oxygen atoms in total. The van der Waals surface area contributed by atoms with Crippen molar-refractivity contribution < 1.29 is 0 Å². The van der Waals surface area contributed by atoms with E-state index in [1.54, 1.807) is 0 Å². The van der Waals surface area contributed by atoms with Crippen molar-refractivity contribution >= 4 is 5.82 Å².